The van der Waals surface area contributed by atoms with Gasteiger partial charge in [-0.15, -0.1) is 0 Å². The Morgan fingerprint density at radius 2 is 1.95 bits per heavy atom. The minimum atomic E-state index is 0.178. The number of halogens is 2. The number of rotatable bonds is 4. The lowest BCUT2D eigenvalue weighted by Gasteiger charge is -2.10. The predicted molar refractivity (Wildman–Crippen MR) is 78.6 cm³/mol. The number of ether oxygens (including phenoxy) is 2. The van der Waals surface area contributed by atoms with Crippen molar-refractivity contribution < 1.29 is 9.47 Å². The van der Waals surface area contributed by atoms with Crippen molar-refractivity contribution in [3.05, 3.63) is 63.1 Å². The predicted octanol–water partition coefficient (Wildman–Crippen LogP) is 4.75. The first-order chi connectivity index (χ1) is 9.22. The second-order valence-corrected chi connectivity index (χ2v) is 5.77. The molecule has 1 saturated heterocycles. The summed E-state index contributed by atoms with van der Waals surface area (Å²) in [5.74, 6) is 0.876. The molecule has 0 N–H and O–H groups in total. The smallest absolute Gasteiger partial charge is 0.125 e. The summed E-state index contributed by atoms with van der Waals surface area (Å²) in [6.45, 7) is 1.30. The summed E-state index contributed by atoms with van der Waals surface area (Å²) in [5, 5.41) is 0.736. The van der Waals surface area contributed by atoms with Gasteiger partial charge in [0.25, 0.3) is 0 Å². The summed E-state index contributed by atoms with van der Waals surface area (Å²) < 4.78 is 12.3. The Morgan fingerprint density at radius 3 is 2.63 bits per heavy atom. The lowest BCUT2D eigenvalue weighted by Crippen LogP contribution is -1.98. The summed E-state index contributed by atoms with van der Waals surface area (Å²) in [6.07, 6.45) is 0.178. The van der Waals surface area contributed by atoms with E-state index in [2.05, 4.69) is 22.0 Å². The minimum Gasteiger partial charge on any atom is -0.489 e. The summed E-state index contributed by atoms with van der Waals surface area (Å²) >= 11 is 9.33. The van der Waals surface area contributed by atoms with Gasteiger partial charge in [-0.05, 0) is 35.9 Å². The van der Waals surface area contributed by atoms with Crippen LogP contribution in [0.2, 0.25) is 5.02 Å². The van der Waals surface area contributed by atoms with Gasteiger partial charge in [0.1, 0.15) is 18.5 Å². The standard InChI is InChI=1S/C15H12BrClO2/c16-11-3-6-14(13(7-11)15-9-19-15)18-8-10-1-4-12(17)5-2-10/h1-7,15H,8-9H2. The first kappa shape index (κ1) is 13.0. The molecule has 0 radical (unpaired) electrons. The zero-order chi connectivity index (χ0) is 13.2. The molecule has 4 heteroatoms. The quantitative estimate of drug-likeness (QED) is 0.750. The highest BCUT2D eigenvalue weighted by molar-refractivity contribution is 9.10. The molecule has 0 spiro atoms. The van der Waals surface area contributed by atoms with E-state index < -0.39 is 0 Å². The van der Waals surface area contributed by atoms with Crippen molar-refractivity contribution in [3.8, 4) is 5.75 Å². The number of epoxide rings is 1. The molecule has 1 unspecified atom stereocenters. The van der Waals surface area contributed by atoms with Crippen LogP contribution in [0.15, 0.2) is 46.9 Å². The van der Waals surface area contributed by atoms with E-state index >= 15 is 0 Å². The van der Waals surface area contributed by atoms with Crippen molar-refractivity contribution in [2.24, 2.45) is 0 Å². The Labute approximate surface area is 125 Å². The van der Waals surface area contributed by atoms with Crippen LogP contribution in [0.3, 0.4) is 0 Å². The molecule has 1 aliphatic rings. The van der Waals surface area contributed by atoms with Crippen molar-refractivity contribution >= 4 is 27.5 Å². The monoisotopic (exact) mass is 338 g/mol. The summed E-state index contributed by atoms with van der Waals surface area (Å²) in [5.41, 5.74) is 2.19. The molecule has 2 aromatic rings. The van der Waals surface area contributed by atoms with Crippen molar-refractivity contribution in [1.82, 2.24) is 0 Å². The Balaban J connectivity index is 1.74. The van der Waals surface area contributed by atoms with Gasteiger partial charge < -0.3 is 9.47 Å². The van der Waals surface area contributed by atoms with Crippen LogP contribution in [0.25, 0.3) is 0 Å². The summed E-state index contributed by atoms with van der Waals surface area (Å²) in [4.78, 5) is 0. The third-order valence-corrected chi connectivity index (χ3v) is 3.70. The van der Waals surface area contributed by atoms with Crippen LogP contribution in [0.1, 0.15) is 17.2 Å². The Bertz CT molecular complexity index is 579. The van der Waals surface area contributed by atoms with Crippen molar-refractivity contribution in [3.63, 3.8) is 0 Å². The fraction of sp³-hybridized carbons (Fsp3) is 0.200. The average molecular weight is 340 g/mol. The van der Waals surface area contributed by atoms with Gasteiger partial charge in [-0.2, -0.15) is 0 Å². The number of benzene rings is 2. The van der Waals surface area contributed by atoms with Crippen LogP contribution in [-0.4, -0.2) is 6.61 Å². The molecule has 0 bridgehead atoms. The number of hydrogen-bond acceptors (Lipinski definition) is 2. The zero-order valence-electron chi connectivity index (χ0n) is 10.1. The topological polar surface area (TPSA) is 21.8 Å². The van der Waals surface area contributed by atoms with Crippen LogP contribution < -0.4 is 4.74 Å². The lowest BCUT2D eigenvalue weighted by atomic mass is 10.1. The lowest BCUT2D eigenvalue weighted by molar-refractivity contribution is 0.298. The van der Waals surface area contributed by atoms with E-state index in [0.29, 0.717) is 6.61 Å². The molecule has 1 heterocycles. The second-order valence-electron chi connectivity index (χ2n) is 4.42. The molecule has 1 fully saturated rings. The van der Waals surface area contributed by atoms with E-state index in [-0.39, 0.29) is 6.10 Å². The molecule has 0 aliphatic carbocycles. The van der Waals surface area contributed by atoms with Gasteiger partial charge in [-0.25, -0.2) is 0 Å². The SMILES string of the molecule is Clc1ccc(COc2ccc(Br)cc2C2CO2)cc1. The molecule has 1 atom stereocenters. The van der Waals surface area contributed by atoms with Crippen LogP contribution in [-0.2, 0) is 11.3 Å². The normalized spacial score (nSPS) is 17.3. The molecule has 1 aliphatic heterocycles. The van der Waals surface area contributed by atoms with Crippen molar-refractivity contribution in [2.75, 3.05) is 6.61 Å². The molecule has 2 aromatic carbocycles. The Kier molecular flexibility index (Phi) is 3.78. The summed E-state index contributed by atoms with van der Waals surface area (Å²) in [7, 11) is 0. The van der Waals surface area contributed by atoms with Crippen molar-refractivity contribution in [2.45, 2.75) is 12.7 Å². The third kappa shape index (κ3) is 3.30. The van der Waals surface area contributed by atoms with Gasteiger partial charge >= 0.3 is 0 Å². The molecule has 0 aromatic heterocycles. The van der Waals surface area contributed by atoms with Gasteiger partial charge in [0, 0.05) is 15.1 Å². The van der Waals surface area contributed by atoms with E-state index in [1.807, 2.05) is 36.4 Å². The fourth-order valence-corrected chi connectivity index (χ4v) is 2.38. The molecule has 3 rings (SSSR count). The van der Waals surface area contributed by atoms with Crippen LogP contribution in [0, 0.1) is 0 Å². The van der Waals surface area contributed by atoms with E-state index in [9.17, 15) is 0 Å². The first-order valence-corrected chi connectivity index (χ1v) is 7.18. The highest BCUT2D eigenvalue weighted by atomic mass is 79.9. The minimum absolute atomic E-state index is 0.178. The first-order valence-electron chi connectivity index (χ1n) is 6.01. The zero-order valence-corrected chi connectivity index (χ0v) is 12.4. The maximum absolute atomic E-state index is 5.88. The highest BCUT2D eigenvalue weighted by Crippen LogP contribution is 2.38. The molecular formula is C15H12BrClO2. The maximum atomic E-state index is 5.88. The van der Waals surface area contributed by atoms with Crippen LogP contribution in [0.5, 0.6) is 5.75 Å². The Hall–Kier alpha value is -1.03. The van der Waals surface area contributed by atoms with Gasteiger partial charge in [0.05, 0.1) is 6.61 Å². The average Bonchev–Trinajstić information content (AvgIpc) is 3.23. The fourth-order valence-electron chi connectivity index (χ4n) is 1.87. The summed E-state index contributed by atoms with van der Waals surface area (Å²) in [6, 6.07) is 13.7. The maximum Gasteiger partial charge on any atom is 0.125 e. The molecular weight excluding hydrogens is 328 g/mol. The van der Waals surface area contributed by atoms with E-state index in [1.54, 1.807) is 0 Å². The molecule has 2 nitrogen and oxygen atoms in total. The van der Waals surface area contributed by atoms with Gasteiger partial charge in [-0.1, -0.05) is 39.7 Å². The van der Waals surface area contributed by atoms with Gasteiger partial charge in [0.2, 0.25) is 0 Å². The van der Waals surface area contributed by atoms with Crippen molar-refractivity contribution in [1.29, 1.82) is 0 Å². The van der Waals surface area contributed by atoms with Crippen LogP contribution in [0.4, 0.5) is 0 Å². The molecule has 0 amide bonds. The van der Waals surface area contributed by atoms with Crippen LogP contribution >= 0.6 is 27.5 Å². The number of hydrogen-bond donors (Lipinski definition) is 0. The molecule has 98 valence electrons. The molecule has 0 saturated carbocycles. The van der Waals surface area contributed by atoms with E-state index in [4.69, 9.17) is 21.1 Å². The largest absolute Gasteiger partial charge is 0.489 e. The second kappa shape index (κ2) is 5.53. The molecule has 19 heavy (non-hydrogen) atoms. The Morgan fingerprint density at radius 1 is 1.21 bits per heavy atom. The van der Waals surface area contributed by atoms with Gasteiger partial charge in [-0.3, -0.25) is 0 Å². The highest BCUT2D eigenvalue weighted by Gasteiger charge is 2.28. The third-order valence-electron chi connectivity index (χ3n) is 2.96. The van der Waals surface area contributed by atoms with E-state index in [1.165, 1.54) is 0 Å². The van der Waals surface area contributed by atoms with E-state index in [0.717, 1.165) is 33.0 Å². The van der Waals surface area contributed by atoms with Gasteiger partial charge in [0.15, 0.2) is 0 Å².